The van der Waals surface area contributed by atoms with Gasteiger partial charge in [-0.3, -0.25) is 4.79 Å². The summed E-state index contributed by atoms with van der Waals surface area (Å²) < 4.78 is 0. The number of rotatable bonds is 4. The number of carbonyl (C=O) groups is 1. The van der Waals surface area contributed by atoms with Crippen LogP contribution in [0.3, 0.4) is 0 Å². The van der Waals surface area contributed by atoms with Crippen molar-refractivity contribution >= 4 is 23.1 Å². The number of amides is 1. The predicted molar refractivity (Wildman–Crippen MR) is 92.8 cm³/mol. The van der Waals surface area contributed by atoms with Crippen LogP contribution in [-0.4, -0.2) is 24.0 Å². The fourth-order valence-electron chi connectivity index (χ4n) is 2.89. The maximum Gasteiger partial charge on any atom is 0.220 e. The van der Waals surface area contributed by atoms with Gasteiger partial charge in [0.25, 0.3) is 0 Å². The summed E-state index contributed by atoms with van der Waals surface area (Å²) in [5, 5.41) is 12.1. The van der Waals surface area contributed by atoms with Gasteiger partial charge in [0.05, 0.1) is 0 Å². The molecule has 1 amide bonds. The van der Waals surface area contributed by atoms with E-state index in [0.29, 0.717) is 11.5 Å². The van der Waals surface area contributed by atoms with Crippen molar-refractivity contribution in [3.63, 3.8) is 0 Å². The number of hydrogen-bond acceptors (Lipinski definition) is 5. The Morgan fingerprint density at radius 3 is 2.54 bits per heavy atom. The smallest absolute Gasteiger partial charge is 0.220 e. The summed E-state index contributed by atoms with van der Waals surface area (Å²) in [7, 11) is 0. The summed E-state index contributed by atoms with van der Waals surface area (Å²) in [4.78, 5) is 17.7. The minimum Gasteiger partial charge on any atom is -0.371 e. The second-order valence-electron chi connectivity index (χ2n) is 5.86. The van der Waals surface area contributed by atoms with Crippen LogP contribution in [0.1, 0.15) is 18.5 Å². The molecule has 1 fully saturated rings. The third-order valence-electron chi connectivity index (χ3n) is 4.27. The average molecular weight is 321 g/mol. The summed E-state index contributed by atoms with van der Waals surface area (Å²) in [6, 6.07) is 15.4. The van der Waals surface area contributed by atoms with E-state index in [1.807, 2.05) is 36.4 Å². The lowest BCUT2D eigenvalue weighted by Gasteiger charge is -2.32. The van der Waals surface area contributed by atoms with Crippen molar-refractivity contribution in [1.82, 2.24) is 4.98 Å². The maximum atomic E-state index is 11.2. The number of carbonyl (C=O) groups excluding carboxylic acids is 1. The van der Waals surface area contributed by atoms with Crippen molar-refractivity contribution in [3.8, 4) is 6.07 Å². The lowest BCUT2D eigenvalue weighted by Crippen LogP contribution is -2.38. The first-order chi connectivity index (χ1) is 11.7. The van der Waals surface area contributed by atoms with E-state index in [1.165, 1.54) is 0 Å². The second-order valence-corrected chi connectivity index (χ2v) is 5.86. The zero-order chi connectivity index (χ0) is 16.9. The number of pyridine rings is 1. The van der Waals surface area contributed by atoms with Gasteiger partial charge >= 0.3 is 0 Å². The van der Waals surface area contributed by atoms with Gasteiger partial charge in [-0.15, -0.1) is 0 Å². The molecule has 2 aromatic rings. The van der Waals surface area contributed by atoms with Crippen LogP contribution in [0.25, 0.3) is 0 Å². The fourth-order valence-corrected chi connectivity index (χ4v) is 2.89. The molecule has 3 N–H and O–H groups in total. The molecular weight excluding hydrogens is 302 g/mol. The Labute approximate surface area is 140 Å². The molecule has 0 spiro atoms. The number of benzene rings is 1. The standard InChI is InChI=1S/C18H19N5O/c19-12-15-2-1-3-17(22-15)21-14-4-6-16(7-5-14)23-10-8-13(9-11-23)18(20)24/h1-7,13H,8-11H2,(H2,20,24)(H,21,22). The number of aromatic nitrogens is 1. The average Bonchev–Trinajstić information content (AvgIpc) is 2.62. The van der Waals surface area contributed by atoms with Crippen molar-refractivity contribution in [2.45, 2.75) is 12.8 Å². The second kappa shape index (κ2) is 7.01. The number of anilines is 3. The fraction of sp³-hybridized carbons (Fsp3) is 0.278. The molecule has 1 aromatic heterocycles. The molecule has 0 atom stereocenters. The number of nitriles is 1. The summed E-state index contributed by atoms with van der Waals surface area (Å²) >= 11 is 0. The van der Waals surface area contributed by atoms with Gasteiger partial charge < -0.3 is 16.0 Å². The van der Waals surface area contributed by atoms with E-state index in [4.69, 9.17) is 11.0 Å². The third kappa shape index (κ3) is 3.63. The largest absolute Gasteiger partial charge is 0.371 e. The summed E-state index contributed by atoms with van der Waals surface area (Å²) in [6.45, 7) is 1.68. The number of hydrogen-bond donors (Lipinski definition) is 2. The van der Waals surface area contributed by atoms with Crippen LogP contribution in [0.15, 0.2) is 42.5 Å². The molecule has 1 saturated heterocycles. The maximum absolute atomic E-state index is 11.2. The van der Waals surface area contributed by atoms with Gasteiger partial charge in [-0.25, -0.2) is 4.98 Å². The number of primary amides is 1. The van der Waals surface area contributed by atoms with Crippen LogP contribution < -0.4 is 16.0 Å². The normalized spacial score (nSPS) is 14.9. The van der Waals surface area contributed by atoms with Crippen LogP contribution in [0.4, 0.5) is 17.2 Å². The lowest BCUT2D eigenvalue weighted by molar-refractivity contribution is -0.122. The first-order valence-corrected chi connectivity index (χ1v) is 7.94. The van der Waals surface area contributed by atoms with Crippen LogP contribution >= 0.6 is 0 Å². The molecule has 0 radical (unpaired) electrons. The molecule has 0 saturated carbocycles. The van der Waals surface area contributed by atoms with Crippen molar-refractivity contribution in [2.24, 2.45) is 11.7 Å². The minimum absolute atomic E-state index is 0.000625. The molecule has 122 valence electrons. The highest BCUT2D eigenvalue weighted by atomic mass is 16.1. The Morgan fingerprint density at radius 1 is 1.21 bits per heavy atom. The van der Waals surface area contributed by atoms with Crippen LogP contribution in [0.2, 0.25) is 0 Å². The van der Waals surface area contributed by atoms with E-state index in [0.717, 1.165) is 37.3 Å². The summed E-state index contributed by atoms with van der Waals surface area (Å²) in [5.41, 5.74) is 7.79. The highest BCUT2D eigenvalue weighted by Crippen LogP contribution is 2.25. The summed E-state index contributed by atoms with van der Waals surface area (Å²) in [5.74, 6) is 0.450. The molecule has 0 unspecified atom stereocenters. The zero-order valence-electron chi connectivity index (χ0n) is 13.3. The Bertz CT molecular complexity index is 758. The Hall–Kier alpha value is -3.07. The van der Waals surface area contributed by atoms with Gasteiger partial charge in [0, 0.05) is 30.4 Å². The zero-order valence-corrected chi connectivity index (χ0v) is 13.3. The van der Waals surface area contributed by atoms with Gasteiger partial charge in [-0.05, 0) is 49.2 Å². The molecule has 3 rings (SSSR count). The van der Waals surface area contributed by atoms with E-state index in [2.05, 4.69) is 15.2 Å². The number of nitrogens with two attached hydrogens (primary N) is 1. The Kier molecular flexibility index (Phi) is 4.62. The number of nitrogens with one attached hydrogen (secondary N) is 1. The molecule has 0 bridgehead atoms. The van der Waals surface area contributed by atoms with E-state index < -0.39 is 0 Å². The van der Waals surface area contributed by atoms with Crippen molar-refractivity contribution < 1.29 is 4.79 Å². The monoisotopic (exact) mass is 321 g/mol. The molecular formula is C18H19N5O. The predicted octanol–water partition coefficient (Wildman–Crippen LogP) is 2.40. The Balaban J connectivity index is 1.63. The lowest BCUT2D eigenvalue weighted by atomic mass is 9.96. The molecule has 2 heterocycles. The first kappa shape index (κ1) is 15.8. The van der Waals surface area contributed by atoms with Crippen LogP contribution in [0, 0.1) is 17.2 Å². The Morgan fingerprint density at radius 2 is 1.92 bits per heavy atom. The van der Waals surface area contributed by atoms with E-state index >= 15 is 0 Å². The SMILES string of the molecule is N#Cc1cccc(Nc2ccc(N3CCC(C(N)=O)CC3)cc2)n1. The molecule has 6 heteroatoms. The van der Waals surface area contributed by atoms with Gasteiger partial charge in [0.1, 0.15) is 17.6 Å². The van der Waals surface area contributed by atoms with E-state index in [-0.39, 0.29) is 11.8 Å². The van der Waals surface area contributed by atoms with Crippen molar-refractivity contribution in [1.29, 1.82) is 5.26 Å². The van der Waals surface area contributed by atoms with E-state index in [1.54, 1.807) is 12.1 Å². The third-order valence-corrected chi connectivity index (χ3v) is 4.27. The topological polar surface area (TPSA) is 95.0 Å². The van der Waals surface area contributed by atoms with Crippen LogP contribution in [0.5, 0.6) is 0 Å². The van der Waals surface area contributed by atoms with Crippen molar-refractivity contribution in [2.75, 3.05) is 23.3 Å². The molecule has 0 aliphatic carbocycles. The summed E-state index contributed by atoms with van der Waals surface area (Å²) in [6.07, 6.45) is 1.61. The molecule has 24 heavy (non-hydrogen) atoms. The minimum atomic E-state index is -0.193. The first-order valence-electron chi connectivity index (χ1n) is 7.94. The highest BCUT2D eigenvalue weighted by Gasteiger charge is 2.23. The molecule has 6 nitrogen and oxygen atoms in total. The van der Waals surface area contributed by atoms with E-state index in [9.17, 15) is 4.79 Å². The van der Waals surface area contributed by atoms with Gasteiger partial charge in [0.15, 0.2) is 0 Å². The van der Waals surface area contributed by atoms with Gasteiger partial charge in [-0.1, -0.05) is 6.07 Å². The van der Waals surface area contributed by atoms with Crippen molar-refractivity contribution in [3.05, 3.63) is 48.2 Å². The molecule has 1 aromatic carbocycles. The quantitative estimate of drug-likeness (QED) is 0.901. The molecule has 1 aliphatic heterocycles. The number of piperidine rings is 1. The number of nitrogens with zero attached hydrogens (tertiary/aromatic N) is 3. The van der Waals surface area contributed by atoms with Gasteiger partial charge in [-0.2, -0.15) is 5.26 Å². The van der Waals surface area contributed by atoms with Gasteiger partial charge in [0.2, 0.25) is 5.91 Å². The molecule has 1 aliphatic rings. The highest BCUT2D eigenvalue weighted by molar-refractivity contribution is 5.77. The van der Waals surface area contributed by atoms with Crippen LogP contribution in [-0.2, 0) is 4.79 Å².